The number of nitrogens with one attached hydrogen (secondary N) is 1. The van der Waals surface area contributed by atoms with E-state index in [1.807, 2.05) is 30.3 Å². The lowest BCUT2D eigenvalue weighted by molar-refractivity contribution is -0.120. The van der Waals surface area contributed by atoms with Crippen LogP contribution in [0.2, 0.25) is 0 Å². The van der Waals surface area contributed by atoms with Crippen LogP contribution >= 0.6 is 0 Å². The number of hydrogen-bond acceptors (Lipinski definition) is 4. The summed E-state index contributed by atoms with van der Waals surface area (Å²) in [5, 5.41) is 11.7. The number of aromatic nitrogens is 2. The monoisotopic (exact) mass is 390 g/mol. The quantitative estimate of drug-likeness (QED) is 0.715. The first-order chi connectivity index (χ1) is 14.1. The highest BCUT2D eigenvalue weighted by Gasteiger charge is 2.26. The van der Waals surface area contributed by atoms with Crippen molar-refractivity contribution in [3.8, 4) is 11.3 Å². The summed E-state index contributed by atoms with van der Waals surface area (Å²) in [7, 11) is 0. The van der Waals surface area contributed by atoms with Crippen molar-refractivity contribution in [2.75, 3.05) is 23.3 Å². The molecule has 0 spiro atoms. The van der Waals surface area contributed by atoms with Gasteiger partial charge < -0.3 is 10.2 Å². The van der Waals surface area contributed by atoms with Crippen LogP contribution in [-0.2, 0) is 4.79 Å². The maximum atomic E-state index is 13.0. The van der Waals surface area contributed by atoms with Gasteiger partial charge in [-0.15, -0.1) is 10.2 Å². The van der Waals surface area contributed by atoms with Crippen molar-refractivity contribution >= 4 is 17.4 Å². The molecule has 1 fully saturated rings. The second kappa shape index (κ2) is 8.39. The molecule has 1 aliphatic rings. The Hall–Kier alpha value is -3.28. The van der Waals surface area contributed by atoms with Gasteiger partial charge in [0, 0.05) is 30.3 Å². The third kappa shape index (κ3) is 4.42. The molecular formula is C23H23FN4O. The van der Waals surface area contributed by atoms with Crippen LogP contribution in [0.15, 0.2) is 60.7 Å². The SMILES string of the molecule is Cc1ccccc1-c1ccc(N2CCC(C(=O)Nc3ccc(F)cc3)CC2)nn1. The second-order valence-electron chi connectivity index (χ2n) is 7.35. The van der Waals surface area contributed by atoms with Crippen LogP contribution in [0.4, 0.5) is 15.9 Å². The molecule has 29 heavy (non-hydrogen) atoms. The number of carbonyl (C=O) groups excluding carboxylic acids is 1. The summed E-state index contributed by atoms with van der Waals surface area (Å²) in [6.45, 7) is 3.56. The van der Waals surface area contributed by atoms with Crippen molar-refractivity contribution in [1.82, 2.24) is 10.2 Å². The van der Waals surface area contributed by atoms with Crippen LogP contribution in [0.3, 0.4) is 0 Å². The van der Waals surface area contributed by atoms with Gasteiger partial charge in [0.1, 0.15) is 5.82 Å². The minimum Gasteiger partial charge on any atom is -0.355 e. The zero-order chi connectivity index (χ0) is 20.2. The summed E-state index contributed by atoms with van der Waals surface area (Å²) in [5.74, 6) is 0.443. The highest BCUT2D eigenvalue weighted by atomic mass is 19.1. The number of anilines is 2. The minimum absolute atomic E-state index is 0.0164. The number of hydrogen-bond donors (Lipinski definition) is 1. The van der Waals surface area contributed by atoms with Crippen molar-refractivity contribution in [3.63, 3.8) is 0 Å². The number of benzene rings is 2. The average Bonchev–Trinajstić information content (AvgIpc) is 2.76. The number of rotatable bonds is 4. The van der Waals surface area contributed by atoms with Crippen LogP contribution < -0.4 is 10.2 Å². The maximum absolute atomic E-state index is 13.0. The molecule has 4 rings (SSSR count). The lowest BCUT2D eigenvalue weighted by Crippen LogP contribution is -2.38. The summed E-state index contributed by atoms with van der Waals surface area (Å²) in [4.78, 5) is 14.6. The first-order valence-electron chi connectivity index (χ1n) is 9.81. The van der Waals surface area contributed by atoms with Gasteiger partial charge in [-0.2, -0.15) is 0 Å². The fraction of sp³-hybridized carbons (Fsp3) is 0.261. The zero-order valence-electron chi connectivity index (χ0n) is 16.3. The Labute approximate surface area is 169 Å². The topological polar surface area (TPSA) is 58.1 Å². The summed E-state index contributed by atoms with van der Waals surface area (Å²) in [6.07, 6.45) is 1.49. The Balaban J connectivity index is 1.35. The van der Waals surface area contributed by atoms with Gasteiger partial charge in [0.25, 0.3) is 0 Å². The van der Waals surface area contributed by atoms with Gasteiger partial charge in [-0.3, -0.25) is 4.79 Å². The first kappa shape index (κ1) is 19.1. The predicted octanol–water partition coefficient (Wildman–Crippen LogP) is 4.45. The highest BCUT2D eigenvalue weighted by Crippen LogP contribution is 2.25. The molecule has 5 nitrogen and oxygen atoms in total. The van der Waals surface area contributed by atoms with Crippen LogP contribution in [0.25, 0.3) is 11.3 Å². The van der Waals surface area contributed by atoms with E-state index in [2.05, 4.69) is 33.4 Å². The van der Waals surface area contributed by atoms with Gasteiger partial charge in [-0.1, -0.05) is 24.3 Å². The van der Waals surface area contributed by atoms with Gasteiger partial charge in [0.2, 0.25) is 5.91 Å². The molecule has 2 heterocycles. The Kier molecular flexibility index (Phi) is 5.51. The molecule has 6 heteroatoms. The van der Waals surface area contributed by atoms with E-state index in [0.717, 1.165) is 43.0 Å². The van der Waals surface area contributed by atoms with Gasteiger partial charge in [0.05, 0.1) is 5.69 Å². The van der Waals surface area contributed by atoms with E-state index in [4.69, 9.17) is 0 Å². The normalized spacial score (nSPS) is 14.6. The molecule has 1 aliphatic heterocycles. The van der Waals surface area contributed by atoms with E-state index >= 15 is 0 Å². The molecule has 3 aromatic rings. The number of aryl methyl sites for hydroxylation is 1. The maximum Gasteiger partial charge on any atom is 0.227 e. The van der Waals surface area contributed by atoms with Crippen LogP contribution in [0, 0.1) is 18.7 Å². The van der Waals surface area contributed by atoms with Crippen LogP contribution in [0.1, 0.15) is 18.4 Å². The fourth-order valence-corrected chi connectivity index (χ4v) is 3.65. The molecule has 1 saturated heterocycles. The van der Waals surface area contributed by atoms with Gasteiger partial charge in [-0.25, -0.2) is 4.39 Å². The summed E-state index contributed by atoms with van der Waals surface area (Å²) >= 11 is 0. The third-order valence-corrected chi connectivity index (χ3v) is 5.37. The number of amides is 1. The Bertz CT molecular complexity index is 981. The molecule has 1 aromatic heterocycles. The molecule has 0 radical (unpaired) electrons. The standard InChI is InChI=1S/C23H23FN4O/c1-16-4-2-3-5-20(16)21-10-11-22(27-26-21)28-14-12-17(13-15-28)23(29)25-19-8-6-18(24)7-9-19/h2-11,17H,12-15H2,1H3,(H,25,29). The van der Waals surface area contributed by atoms with E-state index in [1.165, 1.54) is 17.7 Å². The van der Waals surface area contributed by atoms with E-state index < -0.39 is 0 Å². The minimum atomic E-state index is -0.314. The average molecular weight is 390 g/mol. The molecule has 0 atom stereocenters. The number of halogens is 1. The fourth-order valence-electron chi connectivity index (χ4n) is 3.65. The van der Waals surface area contributed by atoms with Crippen molar-refractivity contribution in [2.45, 2.75) is 19.8 Å². The molecule has 0 aliphatic carbocycles. The number of nitrogens with zero attached hydrogens (tertiary/aromatic N) is 3. The third-order valence-electron chi connectivity index (χ3n) is 5.37. The van der Waals surface area contributed by atoms with Crippen LogP contribution in [-0.4, -0.2) is 29.2 Å². The number of carbonyl (C=O) groups is 1. The van der Waals surface area contributed by atoms with E-state index in [9.17, 15) is 9.18 Å². The first-order valence-corrected chi connectivity index (χ1v) is 9.81. The molecule has 148 valence electrons. The van der Waals surface area contributed by atoms with Crippen molar-refractivity contribution in [2.24, 2.45) is 5.92 Å². The van der Waals surface area contributed by atoms with E-state index in [1.54, 1.807) is 12.1 Å². The Morgan fingerprint density at radius 2 is 1.72 bits per heavy atom. The molecular weight excluding hydrogens is 367 g/mol. The largest absolute Gasteiger partial charge is 0.355 e. The molecule has 0 bridgehead atoms. The van der Waals surface area contributed by atoms with Crippen molar-refractivity contribution in [1.29, 1.82) is 0 Å². The van der Waals surface area contributed by atoms with E-state index in [0.29, 0.717) is 5.69 Å². The lowest BCUT2D eigenvalue weighted by Gasteiger charge is -2.31. The van der Waals surface area contributed by atoms with Gasteiger partial charge in [-0.05, 0) is 61.7 Å². The summed E-state index contributed by atoms with van der Waals surface area (Å²) in [6, 6.07) is 18.0. The summed E-state index contributed by atoms with van der Waals surface area (Å²) in [5.41, 5.74) is 3.74. The smallest absolute Gasteiger partial charge is 0.227 e. The predicted molar refractivity (Wildman–Crippen MR) is 112 cm³/mol. The highest BCUT2D eigenvalue weighted by molar-refractivity contribution is 5.92. The van der Waals surface area contributed by atoms with Gasteiger partial charge in [0.15, 0.2) is 5.82 Å². The van der Waals surface area contributed by atoms with Crippen molar-refractivity contribution < 1.29 is 9.18 Å². The lowest BCUT2D eigenvalue weighted by atomic mass is 9.95. The second-order valence-corrected chi connectivity index (χ2v) is 7.35. The Morgan fingerprint density at radius 3 is 2.38 bits per heavy atom. The van der Waals surface area contributed by atoms with Crippen LogP contribution in [0.5, 0.6) is 0 Å². The molecule has 0 saturated carbocycles. The molecule has 1 N–H and O–H groups in total. The molecule has 0 unspecified atom stereocenters. The van der Waals surface area contributed by atoms with E-state index in [-0.39, 0.29) is 17.6 Å². The van der Waals surface area contributed by atoms with Crippen molar-refractivity contribution in [3.05, 3.63) is 72.0 Å². The molecule has 1 amide bonds. The Morgan fingerprint density at radius 1 is 1.00 bits per heavy atom. The zero-order valence-corrected chi connectivity index (χ0v) is 16.3. The molecule has 2 aromatic carbocycles. The van der Waals surface area contributed by atoms with Gasteiger partial charge >= 0.3 is 0 Å². The summed E-state index contributed by atoms with van der Waals surface area (Å²) < 4.78 is 13.0. The number of piperidine rings is 1.